The van der Waals surface area contributed by atoms with Gasteiger partial charge < -0.3 is 25.8 Å². The number of halogens is 4. The molecule has 0 bridgehead atoms. The van der Waals surface area contributed by atoms with E-state index < -0.39 is 23.5 Å². The van der Waals surface area contributed by atoms with Gasteiger partial charge in [0, 0.05) is 45.0 Å². The van der Waals surface area contributed by atoms with Gasteiger partial charge in [-0.05, 0) is 61.6 Å². The maximum absolute atomic E-state index is 14.2. The minimum absolute atomic E-state index is 0.00528. The fourth-order valence-electron chi connectivity index (χ4n) is 3.92. The summed E-state index contributed by atoms with van der Waals surface area (Å²) in [7, 11) is 1.56. The van der Waals surface area contributed by atoms with E-state index in [2.05, 4.69) is 10.6 Å². The molecule has 2 aromatic rings. The second kappa shape index (κ2) is 16.7. The van der Waals surface area contributed by atoms with E-state index in [-0.39, 0.29) is 31.3 Å². The number of primary amides is 1. The lowest BCUT2D eigenvalue weighted by molar-refractivity contribution is -0.137. The molecule has 2 amide bonds. The van der Waals surface area contributed by atoms with Crippen molar-refractivity contribution in [3.05, 3.63) is 65.0 Å². The summed E-state index contributed by atoms with van der Waals surface area (Å²) in [5.41, 5.74) is 5.73. The second-order valence-electron chi connectivity index (χ2n) is 9.36. The number of rotatable bonds is 18. The van der Waals surface area contributed by atoms with Crippen LogP contribution >= 0.6 is 0 Å². The first-order valence-electron chi connectivity index (χ1n) is 12.9. The van der Waals surface area contributed by atoms with Crippen LogP contribution in [-0.2, 0) is 33.5 Å². The van der Waals surface area contributed by atoms with Gasteiger partial charge in [0.25, 0.3) is 0 Å². The predicted molar refractivity (Wildman–Crippen MR) is 139 cm³/mol. The van der Waals surface area contributed by atoms with Crippen LogP contribution in [0.3, 0.4) is 0 Å². The number of carbonyl (C=O) groups is 2. The molecule has 216 valence electrons. The summed E-state index contributed by atoms with van der Waals surface area (Å²) in [5.74, 6) is -0.835. The normalized spacial score (nSPS) is 12.2. The average molecular weight is 556 g/mol. The number of unbranched alkanes of at least 4 members (excludes halogenated alkanes) is 1. The molecule has 0 aliphatic rings. The summed E-state index contributed by atoms with van der Waals surface area (Å²) >= 11 is 0. The van der Waals surface area contributed by atoms with E-state index in [1.54, 1.807) is 19.2 Å². The van der Waals surface area contributed by atoms with Crippen LogP contribution in [0.5, 0.6) is 5.75 Å². The zero-order valence-corrected chi connectivity index (χ0v) is 22.1. The maximum Gasteiger partial charge on any atom is 0.416 e. The SMILES string of the molecule is COCC(CCNC(=O)CCC(N)=O)COc1cc(F)cc(CCCCNCc2cccc(C(F)(F)F)c2)c1. The second-order valence-corrected chi connectivity index (χ2v) is 9.36. The van der Waals surface area contributed by atoms with Crippen molar-refractivity contribution in [2.24, 2.45) is 11.7 Å². The van der Waals surface area contributed by atoms with E-state index >= 15 is 0 Å². The van der Waals surface area contributed by atoms with Gasteiger partial charge in [0.15, 0.2) is 0 Å². The Hall–Kier alpha value is -3.18. The molecule has 0 saturated heterocycles. The first-order valence-corrected chi connectivity index (χ1v) is 12.9. The van der Waals surface area contributed by atoms with Gasteiger partial charge >= 0.3 is 6.18 Å². The molecule has 39 heavy (non-hydrogen) atoms. The van der Waals surface area contributed by atoms with Crippen molar-refractivity contribution in [2.45, 2.75) is 51.2 Å². The third kappa shape index (κ3) is 13.4. The highest BCUT2D eigenvalue weighted by Crippen LogP contribution is 2.29. The molecule has 0 aromatic heterocycles. The number of ether oxygens (including phenoxy) is 2. The first kappa shape index (κ1) is 32.0. The number of nitrogens with one attached hydrogen (secondary N) is 2. The number of aryl methyl sites for hydroxylation is 1. The molecule has 1 atom stereocenters. The summed E-state index contributed by atoms with van der Waals surface area (Å²) in [6.45, 7) is 2.00. The van der Waals surface area contributed by atoms with Crippen LogP contribution < -0.4 is 21.1 Å². The maximum atomic E-state index is 14.2. The Morgan fingerprint density at radius 1 is 1.00 bits per heavy atom. The summed E-state index contributed by atoms with van der Waals surface area (Å²) < 4.78 is 63.7. The molecular formula is C28H37F4N3O4. The summed E-state index contributed by atoms with van der Waals surface area (Å²) in [4.78, 5) is 22.5. The lowest BCUT2D eigenvalue weighted by Crippen LogP contribution is -2.29. The topological polar surface area (TPSA) is 103 Å². The Balaban J connectivity index is 1.73. The van der Waals surface area contributed by atoms with Gasteiger partial charge in [-0.25, -0.2) is 4.39 Å². The molecule has 0 radical (unpaired) electrons. The van der Waals surface area contributed by atoms with Crippen molar-refractivity contribution in [1.29, 1.82) is 0 Å². The van der Waals surface area contributed by atoms with Gasteiger partial charge in [-0.2, -0.15) is 13.2 Å². The van der Waals surface area contributed by atoms with Crippen molar-refractivity contribution in [3.8, 4) is 5.75 Å². The Kier molecular flexibility index (Phi) is 13.7. The van der Waals surface area contributed by atoms with Gasteiger partial charge in [0.1, 0.15) is 11.6 Å². The van der Waals surface area contributed by atoms with E-state index in [4.69, 9.17) is 15.2 Å². The number of nitrogens with two attached hydrogens (primary N) is 1. The molecule has 7 nitrogen and oxygen atoms in total. The predicted octanol–water partition coefficient (Wildman–Crippen LogP) is 4.37. The van der Waals surface area contributed by atoms with Crippen molar-refractivity contribution >= 4 is 11.8 Å². The summed E-state index contributed by atoms with van der Waals surface area (Å²) in [5, 5.41) is 5.88. The Labute approximate surface area is 226 Å². The molecule has 0 saturated carbocycles. The number of alkyl halides is 3. The molecule has 2 rings (SSSR count). The summed E-state index contributed by atoms with van der Waals surface area (Å²) in [6.07, 6.45) is -1.59. The van der Waals surface area contributed by atoms with E-state index in [1.807, 2.05) is 0 Å². The minimum atomic E-state index is -4.36. The number of carbonyl (C=O) groups excluding carboxylic acids is 2. The van der Waals surface area contributed by atoms with E-state index in [9.17, 15) is 27.2 Å². The van der Waals surface area contributed by atoms with Crippen LogP contribution in [0, 0.1) is 11.7 Å². The molecule has 0 aliphatic heterocycles. The minimum Gasteiger partial charge on any atom is -0.493 e. The third-order valence-electron chi connectivity index (χ3n) is 5.94. The number of hydrogen-bond acceptors (Lipinski definition) is 5. The highest BCUT2D eigenvalue weighted by Gasteiger charge is 2.30. The lowest BCUT2D eigenvalue weighted by Gasteiger charge is -2.18. The molecule has 4 N–H and O–H groups in total. The van der Waals surface area contributed by atoms with Gasteiger partial charge in [-0.15, -0.1) is 0 Å². The molecule has 0 heterocycles. The Morgan fingerprint density at radius 3 is 2.51 bits per heavy atom. The molecule has 11 heteroatoms. The van der Waals surface area contributed by atoms with Crippen LogP contribution in [0.25, 0.3) is 0 Å². The van der Waals surface area contributed by atoms with Crippen LogP contribution in [0.4, 0.5) is 17.6 Å². The third-order valence-corrected chi connectivity index (χ3v) is 5.94. The van der Waals surface area contributed by atoms with Gasteiger partial charge in [-0.1, -0.05) is 18.2 Å². The number of methoxy groups -OCH3 is 1. The summed E-state index contributed by atoms with van der Waals surface area (Å²) in [6, 6.07) is 9.79. The molecule has 2 aromatic carbocycles. The molecule has 1 unspecified atom stereocenters. The van der Waals surface area contributed by atoms with E-state index in [0.717, 1.165) is 30.5 Å². The van der Waals surface area contributed by atoms with E-state index in [1.165, 1.54) is 18.2 Å². The number of amides is 2. The molecular weight excluding hydrogens is 518 g/mol. The quantitative estimate of drug-likeness (QED) is 0.187. The largest absolute Gasteiger partial charge is 0.493 e. The highest BCUT2D eigenvalue weighted by atomic mass is 19.4. The lowest BCUT2D eigenvalue weighted by atomic mass is 10.1. The number of benzene rings is 2. The smallest absolute Gasteiger partial charge is 0.416 e. The van der Waals surface area contributed by atoms with Crippen molar-refractivity contribution in [1.82, 2.24) is 10.6 Å². The van der Waals surface area contributed by atoms with Crippen molar-refractivity contribution < 1.29 is 36.6 Å². The van der Waals surface area contributed by atoms with Crippen LogP contribution in [0.2, 0.25) is 0 Å². The fraction of sp³-hybridized carbons (Fsp3) is 0.500. The van der Waals surface area contributed by atoms with Gasteiger partial charge in [-0.3, -0.25) is 9.59 Å². The van der Waals surface area contributed by atoms with Crippen LogP contribution in [0.1, 0.15) is 48.8 Å². The standard InChI is InChI=1S/C28H37F4N3O4/c1-38-18-22(10-12-35-27(37)9-8-26(33)36)19-39-25-15-20(14-24(29)16-25)5-2-3-11-34-17-21-6-4-7-23(13-21)28(30,31)32/h4,6-7,13-16,22,34H,2-3,5,8-12,17-19H2,1H3,(H2,33,36)(H,35,37). The zero-order valence-electron chi connectivity index (χ0n) is 22.1. The molecule has 0 aliphatic carbocycles. The van der Waals surface area contributed by atoms with Gasteiger partial charge in [0.2, 0.25) is 11.8 Å². The van der Waals surface area contributed by atoms with Crippen LogP contribution in [0.15, 0.2) is 42.5 Å². The average Bonchev–Trinajstić information content (AvgIpc) is 2.87. The van der Waals surface area contributed by atoms with Crippen molar-refractivity contribution in [2.75, 3.05) is 33.4 Å². The van der Waals surface area contributed by atoms with Crippen molar-refractivity contribution in [3.63, 3.8) is 0 Å². The highest BCUT2D eigenvalue weighted by molar-refractivity contribution is 5.82. The van der Waals surface area contributed by atoms with Crippen LogP contribution in [-0.4, -0.2) is 45.2 Å². The first-order chi connectivity index (χ1) is 18.6. The number of hydrogen-bond donors (Lipinski definition) is 3. The fourth-order valence-corrected chi connectivity index (χ4v) is 3.92. The Bertz CT molecular complexity index is 1050. The molecule has 0 spiro atoms. The monoisotopic (exact) mass is 555 g/mol. The van der Waals surface area contributed by atoms with E-state index in [0.29, 0.717) is 50.4 Å². The Morgan fingerprint density at radius 2 is 1.79 bits per heavy atom. The van der Waals surface area contributed by atoms with Gasteiger partial charge in [0.05, 0.1) is 18.8 Å². The zero-order chi connectivity index (χ0) is 28.7. The molecule has 0 fully saturated rings.